The Bertz CT molecular complexity index is 562. The molecule has 1 aromatic heterocycles. The van der Waals surface area contributed by atoms with Gasteiger partial charge in [-0.15, -0.1) is 0 Å². The maximum Gasteiger partial charge on any atom is 0.128 e. The van der Waals surface area contributed by atoms with Crippen LogP contribution in [0.2, 0.25) is 0 Å². The van der Waals surface area contributed by atoms with Crippen LogP contribution in [0.4, 0.5) is 0 Å². The molecule has 2 N–H and O–H groups in total. The molecule has 1 heterocycles. The van der Waals surface area contributed by atoms with Crippen molar-refractivity contribution in [2.45, 2.75) is 39.3 Å². The molecule has 3 nitrogen and oxygen atoms in total. The van der Waals surface area contributed by atoms with Crippen molar-refractivity contribution < 1.29 is 4.74 Å². The van der Waals surface area contributed by atoms with Gasteiger partial charge in [-0.1, -0.05) is 6.07 Å². The van der Waals surface area contributed by atoms with Gasteiger partial charge in [0.1, 0.15) is 5.75 Å². The molecule has 1 aromatic carbocycles. The van der Waals surface area contributed by atoms with E-state index in [1.165, 1.54) is 5.52 Å². The number of methoxy groups -OCH3 is 1. The lowest BCUT2D eigenvalue weighted by Gasteiger charge is -2.24. The molecule has 0 bridgehead atoms. The smallest absolute Gasteiger partial charge is 0.128 e. The predicted octanol–water partition coefficient (Wildman–Crippen LogP) is 3.42. The predicted molar refractivity (Wildman–Crippen MR) is 76.1 cm³/mol. The molecule has 0 unspecified atom stereocenters. The second-order valence-corrected chi connectivity index (χ2v) is 5.61. The average Bonchev–Trinajstić information content (AvgIpc) is 2.67. The van der Waals surface area contributed by atoms with E-state index < -0.39 is 0 Å². The Morgan fingerprint density at radius 1 is 1.28 bits per heavy atom. The van der Waals surface area contributed by atoms with Crippen molar-refractivity contribution in [3.05, 3.63) is 30.0 Å². The van der Waals surface area contributed by atoms with Crippen LogP contribution >= 0.6 is 0 Å². The quantitative estimate of drug-likeness (QED) is 0.901. The van der Waals surface area contributed by atoms with Gasteiger partial charge in [-0.25, -0.2) is 0 Å². The van der Waals surface area contributed by atoms with Crippen molar-refractivity contribution >= 4 is 10.9 Å². The molecule has 0 aliphatic carbocycles. The first-order chi connectivity index (χ1) is 8.36. The molecule has 98 valence electrons. The van der Waals surface area contributed by atoms with Crippen LogP contribution in [0.25, 0.3) is 10.9 Å². The van der Waals surface area contributed by atoms with Gasteiger partial charge in [0.25, 0.3) is 0 Å². The zero-order valence-corrected chi connectivity index (χ0v) is 11.8. The van der Waals surface area contributed by atoms with E-state index >= 15 is 0 Å². The highest BCUT2D eigenvalue weighted by Crippen LogP contribution is 2.34. The number of aromatic nitrogens is 1. The molecule has 18 heavy (non-hydrogen) atoms. The van der Waals surface area contributed by atoms with Gasteiger partial charge in [0, 0.05) is 17.1 Å². The summed E-state index contributed by atoms with van der Waals surface area (Å²) in [6, 6.07) is 8.64. The monoisotopic (exact) mass is 246 g/mol. The Labute approximate surface area is 109 Å². The number of benzene rings is 1. The Morgan fingerprint density at radius 3 is 2.44 bits per heavy atom. The van der Waals surface area contributed by atoms with Gasteiger partial charge >= 0.3 is 0 Å². The molecule has 2 aromatic rings. The van der Waals surface area contributed by atoms with Gasteiger partial charge in [0.2, 0.25) is 0 Å². The van der Waals surface area contributed by atoms with E-state index in [1.54, 1.807) is 7.11 Å². The van der Waals surface area contributed by atoms with E-state index in [-0.39, 0.29) is 5.54 Å². The number of rotatable bonds is 3. The largest absolute Gasteiger partial charge is 0.496 e. The van der Waals surface area contributed by atoms with Crippen LogP contribution in [0.3, 0.4) is 0 Å². The summed E-state index contributed by atoms with van der Waals surface area (Å²) in [7, 11) is 1.70. The number of hydrogen-bond acceptors (Lipinski definition) is 2. The minimum atomic E-state index is -0.367. The zero-order chi connectivity index (χ0) is 13.5. The standard InChI is InChI=1S/C15H22N2O/c1-10(2)17-12-7-6-8-13(18-5)11(12)9-14(17)15(3,4)16/h6-10H,16H2,1-5H3. The fourth-order valence-electron chi connectivity index (χ4n) is 2.45. The molecule has 0 saturated carbocycles. The number of nitrogens with two attached hydrogens (primary N) is 1. The summed E-state index contributed by atoms with van der Waals surface area (Å²) in [4.78, 5) is 0. The molecule has 3 heteroatoms. The van der Waals surface area contributed by atoms with Gasteiger partial charge in [-0.2, -0.15) is 0 Å². The third kappa shape index (κ3) is 1.99. The number of ether oxygens (including phenoxy) is 1. The van der Waals surface area contributed by atoms with Crippen molar-refractivity contribution in [3.63, 3.8) is 0 Å². The Kier molecular flexibility index (Phi) is 3.11. The van der Waals surface area contributed by atoms with Crippen LogP contribution in [0.1, 0.15) is 39.4 Å². The summed E-state index contributed by atoms with van der Waals surface area (Å²) in [5, 5.41) is 1.13. The fourth-order valence-corrected chi connectivity index (χ4v) is 2.45. The molecule has 0 aliphatic heterocycles. The lowest BCUT2D eigenvalue weighted by molar-refractivity contribution is 0.420. The average molecular weight is 246 g/mol. The van der Waals surface area contributed by atoms with Gasteiger partial charge < -0.3 is 15.0 Å². The van der Waals surface area contributed by atoms with Crippen LogP contribution in [-0.2, 0) is 5.54 Å². The summed E-state index contributed by atoms with van der Waals surface area (Å²) in [5.74, 6) is 0.900. The Morgan fingerprint density at radius 2 is 1.94 bits per heavy atom. The highest BCUT2D eigenvalue weighted by molar-refractivity contribution is 5.88. The lowest BCUT2D eigenvalue weighted by Crippen LogP contribution is -2.32. The van der Waals surface area contributed by atoms with E-state index in [4.69, 9.17) is 10.5 Å². The summed E-state index contributed by atoms with van der Waals surface area (Å²) in [6.45, 7) is 8.42. The Balaban J connectivity index is 2.83. The molecular formula is C15H22N2O. The second kappa shape index (κ2) is 4.32. The second-order valence-electron chi connectivity index (χ2n) is 5.61. The SMILES string of the molecule is COc1cccc2c1cc(C(C)(C)N)n2C(C)C. The van der Waals surface area contributed by atoms with Crippen molar-refractivity contribution in [1.29, 1.82) is 0 Å². The van der Waals surface area contributed by atoms with Crippen molar-refractivity contribution in [2.24, 2.45) is 5.73 Å². The number of hydrogen-bond donors (Lipinski definition) is 1. The lowest BCUT2D eigenvalue weighted by atomic mass is 10.0. The zero-order valence-electron chi connectivity index (χ0n) is 11.8. The number of fused-ring (bicyclic) bond motifs is 1. The highest BCUT2D eigenvalue weighted by atomic mass is 16.5. The number of nitrogens with zero attached hydrogens (tertiary/aromatic N) is 1. The van der Waals surface area contributed by atoms with Crippen molar-refractivity contribution in [3.8, 4) is 5.75 Å². The van der Waals surface area contributed by atoms with E-state index in [0.717, 1.165) is 16.8 Å². The Hall–Kier alpha value is -1.48. The van der Waals surface area contributed by atoms with Crippen molar-refractivity contribution in [1.82, 2.24) is 4.57 Å². The third-order valence-electron chi connectivity index (χ3n) is 3.24. The van der Waals surface area contributed by atoms with Gasteiger partial charge in [0.05, 0.1) is 18.2 Å². The van der Waals surface area contributed by atoms with E-state index in [0.29, 0.717) is 6.04 Å². The molecule has 0 aliphatic rings. The van der Waals surface area contributed by atoms with Crippen LogP contribution in [-0.4, -0.2) is 11.7 Å². The summed E-state index contributed by atoms with van der Waals surface area (Å²) < 4.78 is 7.72. The topological polar surface area (TPSA) is 40.2 Å². The van der Waals surface area contributed by atoms with Crippen LogP contribution < -0.4 is 10.5 Å². The first-order valence-electron chi connectivity index (χ1n) is 6.33. The van der Waals surface area contributed by atoms with Gasteiger partial charge in [-0.3, -0.25) is 0 Å². The minimum absolute atomic E-state index is 0.367. The maximum absolute atomic E-state index is 6.29. The van der Waals surface area contributed by atoms with Crippen LogP contribution in [0.5, 0.6) is 5.75 Å². The molecule has 0 atom stereocenters. The van der Waals surface area contributed by atoms with Crippen LogP contribution in [0.15, 0.2) is 24.3 Å². The molecule has 0 saturated heterocycles. The molecule has 0 radical (unpaired) electrons. The molecule has 0 amide bonds. The van der Waals surface area contributed by atoms with E-state index in [2.05, 4.69) is 30.5 Å². The van der Waals surface area contributed by atoms with Crippen LogP contribution in [0, 0.1) is 0 Å². The molecule has 0 spiro atoms. The minimum Gasteiger partial charge on any atom is -0.496 e. The molecular weight excluding hydrogens is 224 g/mol. The normalized spacial score (nSPS) is 12.4. The fraction of sp³-hybridized carbons (Fsp3) is 0.467. The van der Waals surface area contributed by atoms with Gasteiger partial charge in [0.15, 0.2) is 0 Å². The summed E-state index contributed by atoms with van der Waals surface area (Å²) in [5.41, 5.74) is 8.24. The summed E-state index contributed by atoms with van der Waals surface area (Å²) in [6.07, 6.45) is 0. The van der Waals surface area contributed by atoms with E-state index in [9.17, 15) is 0 Å². The molecule has 2 rings (SSSR count). The highest BCUT2D eigenvalue weighted by Gasteiger charge is 2.23. The molecule has 0 fully saturated rings. The first kappa shape index (κ1) is 13.0. The maximum atomic E-state index is 6.29. The third-order valence-corrected chi connectivity index (χ3v) is 3.24. The van der Waals surface area contributed by atoms with Crippen molar-refractivity contribution in [2.75, 3.05) is 7.11 Å². The van der Waals surface area contributed by atoms with E-state index in [1.807, 2.05) is 26.0 Å². The first-order valence-corrected chi connectivity index (χ1v) is 6.33. The summed E-state index contributed by atoms with van der Waals surface area (Å²) >= 11 is 0. The van der Waals surface area contributed by atoms with Gasteiger partial charge in [-0.05, 0) is 45.9 Å².